The van der Waals surface area contributed by atoms with Crippen molar-refractivity contribution in [2.75, 3.05) is 18.0 Å². The van der Waals surface area contributed by atoms with Crippen LogP contribution in [0.4, 0.5) is 5.82 Å². The van der Waals surface area contributed by atoms with E-state index in [2.05, 4.69) is 41.0 Å². The molecular formula is C16H23N3. The Kier molecular flexibility index (Phi) is 4.81. The largest absolute Gasteiger partial charge is 0.345 e. The predicted molar refractivity (Wildman–Crippen MR) is 80.0 cm³/mol. The summed E-state index contributed by atoms with van der Waals surface area (Å²) in [4.78, 5) is 6.79. The molecule has 0 amide bonds. The zero-order valence-electron chi connectivity index (χ0n) is 11.9. The molecule has 1 aromatic heterocycles. The van der Waals surface area contributed by atoms with Crippen LogP contribution in [-0.2, 0) is 6.54 Å². The van der Waals surface area contributed by atoms with Gasteiger partial charge >= 0.3 is 0 Å². The Bertz CT molecular complexity index is 444. The molecule has 0 atom stereocenters. The van der Waals surface area contributed by atoms with Crippen molar-refractivity contribution in [3.63, 3.8) is 0 Å². The normalized spacial score (nSPS) is 14.4. The summed E-state index contributed by atoms with van der Waals surface area (Å²) in [5.74, 6) is 4.61. The standard InChI is InChI=1S/C16H23N3/c1-4-10-19(12-14-7-8-14)16-15(6-5-9-17-16)11-18-13(2)3/h1,5-6,9,13-14,18H,7-8,10-12H2,2-3H3. The van der Waals surface area contributed by atoms with E-state index in [0.29, 0.717) is 12.6 Å². The van der Waals surface area contributed by atoms with E-state index >= 15 is 0 Å². The van der Waals surface area contributed by atoms with Crippen molar-refractivity contribution >= 4 is 5.82 Å². The van der Waals surface area contributed by atoms with Crippen LogP contribution in [0.15, 0.2) is 18.3 Å². The summed E-state index contributed by atoms with van der Waals surface area (Å²) in [6.45, 7) is 6.82. The van der Waals surface area contributed by atoms with E-state index in [4.69, 9.17) is 6.42 Å². The first-order chi connectivity index (χ1) is 9.20. The summed E-state index contributed by atoms with van der Waals surface area (Å²) in [6, 6.07) is 4.60. The van der Waals surface area contributed by atoms with Gasteiger partial charge in [-0.15, -0.1) is 6.42 Å². The predicted octanol–water partition coefficient (Wildman–Crippen LogP) is 2.43. The van der Waals surface area contributed by atoms with E-state index in [1.807, 2.05) is 12.3 Å². The summed E-state index contributed by atoms with van der Waals surface area (Å²) >= 11 is 0. The van der Waals surface area contributed by atoms with E-state index in [1.54, 1.807) is 0 Å². The Hall–Kier alpha value is -1.53. The Morgan fingerprint density at radius 2 is 2.32 bits per heavy atom. The Morgan fingerprint density at radius 3 is 2.95 bits per heavy atom. The van der Waals surface area contributed by atoms with Gasteiger partial charge in [-0.25, -0.2) is 4.98 Å². The van der Waals surface area contributed by atoms with Gasteiger partial charge < -0.3 is 10.2 Å². The number of nitrogens with zero attached hydrogens (tertiary/aromatic N) is 2. The van der Waals surface area contributed by atoms with Gasteiger partial charge in [0.1, 0.15) is 5.82 Å². The molecule has 0 saturated heterocycles. The van der Waals surface area contributed by atoms with Crippen molar-refractivity contribution in [3.8, 4) is 12.3 Å². The van der Waals surface area contributed by atoms with Gasteiger partial charge in [0, 0.05) is 30.9 Å². The van der Waals surface area contributed by atoms with Gasteiger partial charge in [-0.3, -0.25) is 0 Å². The molecule has 3 heteroatoms. The molecule has 0 radical (unpaired) electrons. The highest BCUT2D eigenvalue weighted by Crippen LogP contribution is 2.31. The summed E-state index contributed by atoms with van der Waals surface area (Å²) in [5, 5.41) is 3.45. The molecule has 19 heavy (non-hydrogen) atoms. The minimum atomic E-state index is 0.470. The number of aromatic nitrogens is 1. The second-order valence-corrected chi connectivity index (χ2v) is 5.55. The van der Waals surface area contributed by atoms with Gasteiger partial charge in [0.05, 0.1) is 6.54 Å². The van der Waals surface area contributed by atoms with E-state index in [9.17, 15) is 0 Å². The van der Waals surface area contributed by atoms with Crippen LogP contribution < -0.4 is 10.2 Å². The second kappa shape index (κ2) is 6.58. The third-order valence-electron chi connectivity index (χ3n) is 3.33. The van der Waals surface area contributed by atoms with Crippen LogP contribution in [-0.4, -0.2) is 24.1 Å². The van der Waals surface area contributed by atoms with Gasteiger partial charge in [-0.2, -0.15) is 0 Å². The van der Waals surface area contributed by atoms with E-state index in [0.717, 1.165) is 24.8 Å². The number of anilines is 1. The fourth-order valence-corrected chi connectivity index (χ4v) is 2.12. The van der Waals surface area contributed by atoms with E-state index in [1.165, 1.54) is 18.4 Å². The maximum absolute atomic E-state index is 5.50. The van der Waals surface area contributed by atoms with Gasteiger partial charge in [0.25, 0.3) is 0 Å². The molecule has 102 valence electrons. The third-order valence-corrected chi connectivity index (χ3v) is 3.33. The summed E-state index contributed by atoms with van der Waals surface area (Å²) < 4.78 is 0. The number of hydrogen-bond donors (Lipinski definition) is 1. The second-order valence-electron chi connectivity index (χ2n) is 5.55. The van der Waals surface area contributed by atoms with Gasteiger partial charge in [0.2, 0.25) is 0 Å². The van der Waals surface area contributed by atoms with Crippen molar-refractivity contribution in [2.45, 2.75) is 39.3 Å². The smallest absolute Gasteiger partial charge is 0.133 e. The summed E-state index contributed by atoms with van der Waals surface area (Å²) in [5.41, 5.74) is 1.23. The highest BCUT2D eigenvalue weighted by Gasteiger charge is 2.25. The quantitative estimate of drug-likeness (QED) is 0.760. The van der Waals surface area contributed by atoms with Crippen LogP contribution in [0, 0.1) is 18.3 Å². The highest BCUT2D eigenvalue weighted by molar-refractivity contribution is 5.48. The average molecular weight is 257 g/mol. The molecular weight excluding hydrogens is 234 g/mol. The van der Waals surface area contributed by atoms with Crippen LogP contribution in [0.25, 0.3) is 0 Å². The third kappa shape index (κ3) is 4.25. The summed E-state index contributed by atoms with van der Waals surface area (Å²) in [6.07, 6.45) is 10.0. The monoisotopic (exact) mass is 257 g/mol. The molecule has 1 aromatic rings. The first kappa shape index (κ1) is 13.9. The number of hydrogen-bond acceptors (Lipinski definition) is 3. The molecule has 1 aliphatic carbocycles. The molecule has 0 aromatic carbocycles. The van der Waals surface area contributed by atoms with Crippen molar-refractivity contribution in [3.05, 3.63) is 23.9 Å². The molecule has 3 nitrogen and oxygen atoms in total. The Morgan fingerprint density at radius 1 is 1.53 bits per heavy atom. The molecule has 1 saturated carbocycles. The highest BCUT2D eigenvalue weighted by atomic mass is 15.2. The molecule has 0 aliphatic heterocycles. The first-order valence-electron chi connectivity index (χ1n) is 7.06. The number of terminal acetylenes is 1. The lowest BCUT2D eigenvalue weighted by Crippen LogP contribution is -2.30. The molecule has 0 spiro atoms. The molecule has 1 fully saturated rings. The minimum Gasteiger partial charge on any atom is -0.345 e. The molecule has 2 rings (SSSR count). The maximum atomic E-state index is 5.50. The van der Waals surface area contributed by atoms with Gasteiger partial charge in [0.15, 0.2) is 0 Å². The van der Waals surface area contributed by atoms with Crippen molar-refractivity contribution in [2.24, 2.45) is 5.92 Å². The van der Waals surface area contributed by atoms with Gasteiger partial charge in [-0.05, 0) is 24.8 Å². The first-order valence-corrected chi connectivity index (χ1v) is 7.06. The van der Waals surface area contributed by atoms with Crippen LogP contribution in [0.5, 0.6) is 0 Å². The minimum absolute atomic E-state index is 0.470. The zero-order chi connectivity index (χ0) is 13.7. The van der Waals surface area contributed by atoms with Crippen LogP contribution in [0.1, 0.15) is 32.3 Å². The SMILES string of the molecule is C#CCN(CC1CC1)c1ncccc1CNC(C)C. The zero-order valence-corrected chi connectivity index (χ0v) is 11.9. The Balaban J connectivity index is 2.12. The van der Waals surface area contributed by atoms with Crippen LogP contribution >= 0.6 is 0 Å². The van der Waals surface area contributed by atoms with Crippen molar-refractivity contribution in [1.29, 1.82) is 0 Å². The number of nitrogens with one attached hydrogen (secondary N) is 1. The number of pyridine rings is 1. The molecule has 0 bridgehead atoms. The Labute approximate surface area is 116 Å². The van der Waals surface area contributed by atoms with Crippen molar-refractivity contribution in [1.82, 2.24) is 10.3 Å². The van der Waals surface area contributed by atoms with E-state index < -0.39 is 0 Å². The summed E-state index contributed by atoms with van der Waals surface area (Å²) in [7, 11) is 0. The van der Waals surface area contributed by atoms with E-state index in [-0.39, 0.29) is 0 Å². The molecule has 1 N–H and O–H groups in total. The molecule has 1 heterocycles. The lowest BCUT2D eigenvalue weighted by Gasteiger charge is -2.24. The maximum Gasteiger partial charge on any atom is 0.133 e. The average Bonchev–Trinajstić information content (AvgIpc) is 3.20. The number of rotatable bonds is 7. The van der Waals surface area contributed by atoms with Crippen molar-refractivity contribution < 1.29 is 0 Å². The fraction of sp³-hybridized carbons (Fsp3) is 0.562. The fourth-order valence-electron chi connectivity index (χ4n) is 2.12. The lowest BCUT2D eigenvalue weighted by atomic mass is 10.2. The molecule has 0 unspecified atom stereocenters. The molecule has 1 aliphatic rings. The van der Waals surface area contributed by atoms with Gasteiger partial charge in [-0.1, -0.05) is 25.8 Å². The van der Waals surface area contributed by atoms with Crippen LogP contribution in [0.2, 0.25) is 0 Å². The van der Waals surface area contributed by atoms with Crippen LogP contribution in [0.3, 0.4) is 0 Å². The lowest BCUT2D eigenvalue weighted by molar-refractivity contribution is 0.586. The topological polar surface area (TPSA) is 28.2 Å².